The zero-order valence-corrected chi connectivity index (χ0v) is 12.4. The molecule has 0 spiro atoms. The first-order valence-electron chi connectivity index (χ1n) is 7.27. The van der Waals surface area contributed by atoms with Gasteiger partial charge in [0.25, 0.3) is 0 Å². The molecule has 1 fully saturated rings. The standard InChI is InChI=1S/C17H22N2O2/c1-21-17(9-3-10-17)12-16(20)19-13-15-7-5-14(6-8-15)4-2-11-18/h5-8H,3,9-13,18H2,1H3,(H,19,20). The maximum Gasteiger partial charge on any atom is 0.223 e. The molecule has 1 amide bonds. The number of rotatable bonds is 5. The number of ether oxygens (including phenoxy) is 1. The third-order valence-electron chi connectivity index (χ3n) is 3.96. The van der Waals surface area contributed by atoms with Crippen molar-refractivity contribution >= 4 is 5.91 Å². The van der Waals surface area contributed by atoms with E-state index in [-0.39, 0.29) is 11.5 Å². The number of amides is 1. The van der Waals surface area contributed by atoms with Gasteiger partial charge in [0.05, 0.1) is 18.6 Å². The largest absolute Gasteiger partial charge is 0.378 e. The molecule has 0 radical (unpaired) electrons. The van der Waals surface area contributed by atoms with Crippen molar-refractivity contribution in [3.63, 3.8) is 0 Å². The number of hydrogen-bond donors (Lipinski definition) is 2. The van der Waals surface area contributed by atoms with E-state index < -0.39 is 0 Å². The molecule has 0 atom stereocenters. The van der Waals surface area contributed by atoms with E-state index in [2.05, 4.69) is 17.2 Å². The van der Waals surface area contributed by atoms with E-state index in [4.69, 9.17) is 10.5 Å². The Labute approximate surface area is 126 Å². The van der Waals surface area contributed by atoms with Crippen molar-refractivity contribution in [1.82, 2.24) is 5.32 Å². The van der Waals surface area contributed by atoms with Crippen LogP contribution in [0.3, 0.4) is 0 Å². The number of nitrogens with one attached hydrogen (secondary N) is 1. The summed E-state index contributed by atoms with van der Waals surface area (Å²) in [5.41, 5.74) is 7.11. The zero-order valence-electron chi connectivity index (χ0n) is 12.4. The second-order valence-electron chi connectivity index (χ2n) is 5.40. The van der Waals surface area contributed by atoms with Crippen molar-refractivity contribution in [2.45, 2.75) is 37.8 Å². The molecule has 0 unspecified atom stereocenters. The Morgan fingerprint density at radius 1 is 1.38 bits per heavy atom. The summed E-state index contributed by atoms with van der Waals surface area (Å²) < 4.78 is 5.46. The highest BCUT2D eigenvalue weighted by molar-refractivity contribution is 5.77. The fraction of sp³-hybridized carbons (Fsp3) is 0.471. The number of hydrogen-bond acceptors (Lipinski definition) is 3. The molecule has 0 aromatic heterocycles. The second kappa shape index (κ2) is 7.26. The van der Waals surface area contributed by atoms with E-state index in [1.807, 2.05) is 24.3 Å². The molecule has 0 bridgehead atoms. The van der Waals surface area contributed by atoms with E-state index in [1.54, 1.807) is 7.11 Å². The molecular weight excluding hydrogens is 264 g/mol. The monoisotopic (exact) mass is 286 g/mol. The Bertz CT molecular complexity index is 531. The number of methoxy groups -OCH3 is 1. The lowest BCUT2D eigenvalue weighted by Crippen LogP contribution is -2.43. The predicted octanol–water partition coefficient (Wildman–Crippen LogP) is 1.57. The van der Waals surface area contributed by atoms with Crippen LogP contribution in [0.5, 0.6) is 0 Å². The minimum atomic E-state index is -0.217. The van der Waals surface area contributed by atoms with Crippen LogP contribution in [0.4, 0.5) is 0 Å². The summed E-state index contributed by atoms with van der Waals surface area (Å²) in [6, 6.07) is 7.81. The van der Waals surface area contributed by atoms with Gasteiger partial charge in [0.15, 0.2) is 0 Å². The van der Waals surface area contributed by atoms with Crippen LogP contribution in [-0.2, 0) is 16.1 Å². The van der Waals surface area contributed by atoms with Gasteiger partial charge in [0.2, 0.25) is 5.91 Å². The fourth-order valence-electron chi connectivity index (χ4n) is 2.44. The SMILES string of the molecule is COC1(CC(=O)NCc2ccc(C#CCN)cc2)CCC1. The third-order valence-corrected chi connectivity index (χ3v) is 3.96. The van der Waals surface area contributed by atoms with Crippen LogP contribution in [0.1, 0.15) is 36.8 Å². The summed E-state index contributed by atoms with van der Waals surface area (Å²) in [5.74, 6) is 5.83. The molecule has 1 aromatic rings. The minimum absolute atomic E-state index is 0.0450. The Balaban J connectivity index is 1.81. The quantitative estimate of drug-likeness (QED) is 0.808. The Kier molecular flexibility index (Phi) is 5.38. The number of nitrogens with two attached hydrogens (primary N) is 1. The van der Waals surface area contributed by atoms with Crippen LogP contribution in [0, 0.1) is 11.8 Å². The van der Waals surface area contributed by atoms with E-state index in [1.165, 1.54) is 0 Å². The summed E-state index contributed by atoms with van der Waals surface area (Å²) >= 11 is 0. The van der Waals surface area contributed by atoms with Crippen molar-refractivity contribution in [1.29, 1.82) is 0 Å². The van der Waals surface area contributed by atoms with Crippen molar-refractivity contribution in [2.24, 2.45) is 5.73 Å². The first-order valence-corrected chi connectivity index (χ1v) is 7.27. The molecule has 4 nitrogen and oxygen atoms in total. The smallest absolute Gasteiger partial charge is 0.223 e. The highest BCUT2D eigenvalue weighted by Crippen LogP contribution is 2.37. The van der Waals surface area contributed by atoms with Gasteiger partial charge in [0, 0.05) is 19.2 Å². The van der Waals surface area contributed by atoms with E-state index >= 15 is 0 Å². The normalized spacial score (nSPS) is 15.5. The lowest BCUT2D eigenvalue weighted by molar-refractivity contribution is -0.134. The van der Waals surface area contributed by atoms with Gasteiger partial charge in [-0.15, -0.1) is 0 Å². The average molecular weight is 286 g/mol. The first-order chi connectivity index (χ1) is 10.2. The molecule has 1 aromatic carbocycles. The molecule has 1 aliphatic carbocycles. The van der Waals surface area contributed by atoms with Crippen molar-refractivity contribution in [3.05, 3.63) is 35.4 Å². The van der Waals surface area contributed by atoms with Crippen LogP contribution >= 0.6 is 0 Å². The lowest BCUT2D eigenvalue weighted by Gasteiger charge is -2.39. The van der Waals surface area contributed by atoms with E-state index in [0.29, 0.717) is 19.5 Å². The number of carbonyl (C=O) groups excluding carboxylic acids is 1. The topological polar surface area (TPSA) is 64.3 Å². The van der Waals surface area contributed by atoms with E-state index in [0.717, 1.165) is 30.4 Å². The Morgan fingerprint density at radius 3 is 2.62 bits per heavy atom. The molecule has 2 rings (SSSR count). The third kappa shape index (κ3) is 4.32. The maximum absolute atomic E-state index is 12.0. The van der Waals surface area contributed by atoms with Gasteiger partial charge in [-0.1, -0.05) is 24.0 Å². The summed E-state index contributed by atoms with van der Waals surface area (Å²) in [7, 11) is 1.69. The van der Waals surface area contributed by atoms with Gasteiger partial charge >= 0.3 is 0 Å². The number of carbonyl (C=O) groups is 1. The molecule has 0 heterocycles. The lowest BCUT2D eigenvalue weighted by atomic mass is 9.77. The first kappa shape index (κ1) is 15.6. The van der Waals surface area contributed by atoms with Gasteiger partial charge < -0.3 is 15.8 Å². The predicted molar refractivity (Wildman–Crippen MR) is 82.4 cm³/mol. The maximum atomic E-state index is 12.0. The van der Waals surface area contributed by atoms with Gasteiger partial charge in [-0.2, -0.15) is 0 Å². The molecular formula is C17H22N2O2. The average Bonchev–Trinajstić information content (AvgIpc) is 2.48. The van der Waals surface area contributed by atoms with Crippen molar-refractivity contribution < 1.29 is 9.53 Å². The summed E-state index contributed by atoms with van der Waals surface area (Å²) in [6.45, 7) is 0.891. The Morgan fingerprint density at radius 2 is 2.10 bits per heavy atom. The van der Waals surface area contributed by atoms with Gasteiger partial charge in [0.1, 0.15) is 0 Å². The Hall–Kier alpha value is -1.83. The second-order valence-corrected chi connectivity index (χ2v) is 5.40. The zero-order chi connectivity index (χ0) is 15.1. The van der Waals surface area contributed by atoms with Crippen LogP contribution in [0.15, 0.2) is 24.3 Å². The summed E-state index contributed by atoms with van der Waals surface area (Å²) in [5, 5.41) is 2.94. The van der Waals surface area contributed by atoms with Gasteiger partial charge in [-0.3, -0.25) is 4.79 Å². The molecule has 4 heteroatoms. The molecule has 112 valence electrons. The molecule has 3 N–H and O–H groups in total. The van der Waals surface area contributed by atoms with Crippen LogP contribution in [-0.4, -0.2) is 25.2 Å². The van der Waals surface area contributed by atoms with Gasteiger partial charge in [-0.05, 0) is 37.0 Å². The molecule has 1 saturated carbocycles. The fourth-order valence-corrected chi connectivity index (χ4v) is 2.44. The summed E-state index contributed by atoms with van der Waals surface area (Å²) in [6.07, 6.45) is 3.55. The van der Waals surface area contributed by atoms with Crippen molar-refractivity contribution in [2.75, 3.05) is 13.7 Å². The molecule has 0 saturated heterocycles. The van der Waals surface area contributed by atoms with Crippen LogP contribution < -0.4 is 11.1 Å². The molecule has 0 aliphatic heterocycles. The molecule has 1 aliphatic rings. The van der Waals surface area contributed by atoms with Gasteiger partial charge in [-0.25, -0.2) is 0 Å². The highest BCUT2D eigenvalue weighted by atomic mass is 16.5. The van der Waals surface area contributed by atoms with Crippen LogP contribution in [0.2, 0.25) is 0 Å². The van der Waals surface area contributed by atoms with E-state index in [9.17, 15) is 4.79 Å². The molecule has 21 heavy (non-hydrogen) atoms. The van der Waals surface area contributed by atoms with Crippen molar-refractivity contribution in [3.8, 4) is 11.8 Å². The summed E-state index contributed by atoms with van der Waals surface area (Å²) in [4.78, 5) is 12.0. The number of benzene rings is 1. The highest BCUT2D eigenvalue weighted by Gasteiger charge is 2.38. The van der Waals surface area contributed by atoms with Crippen LogP contribution in [0.25, 0.3) is 0 Å². The minimum Gasteiger partial charge on any atom is -0.378 e.